The summed E-state index contributed by atoms with van der Waals surface area (Å²) in [5.74, 6) is 0.723. The molecule has 2 amide bonds. The molecule has 56 heavy (non-hydrogen) atoms. The lowest BCUT2D eigenvalue weighted by molar-refractivity contribution is -0.131. The van der Waals surface area contributed by atoms with Crippen LogP contribution in [0.15, 0.2) is 67.1 Å². The van der Waals surface area contributed by atoms with Crippen LogP contribution < -0.4 is 10.1 Å². The number of pyridine rings is 1. The minimum atomic E-state index is -0.354. The molecule has 5 heterocycles. The summed E-state index contributed by atoms with van der Waals surface area (Å²) in [7, 11) is 3.34. The van der Waals surface area contributed by atoms with Crippen molar-refractivity contribution in [3.63, 3.8) is 0 Å². The van der Waals surface area contributed by atoms with Gasteiger partial charge in [0, 0.05) is 69.3 Å². The molecule has 1 fully saturated rings. The fourth-order valence-electron chi connectivity index (χ4n) is 6.41. The number of carbonyl (C=O) groups excluding carboxylic acids is 2. The number of halogens is 1. The summed E-state index contributed by atoms with van der Waals surface area (Å²) in [6.45, 7) is 12.3. The van der Waals surface area contributed by atoms with Crippen molar-refractivity contribution in [2.24, 2.45) is 0 Å². The Morgan fingerprint density at radius 2 is 1.89 bits per heavy atom. The second kappa shape index (κ2) is 20.4. The van der Waals surface area contributed by atoms with Gasteiger partial charge in [-0.2, -0.15) is 10.2 Å². The maximum absolute atomic E-state index is 14.8. The number of amides is 2. The van der Waals surface area contributed by atoms with Crippen LogP contribution in [0.4, 0.5) is 10.1 Å². The summed E-state index contributed by atoms with van der Waals surface area (Å²) in [5, 5.41) is 15.2. The van der Waals surface area contributed by atoms with Crippen molar-refractivity contribution in [3.05, 3.63) is 78.5 Å². The predicted octanol–water partition coefficient (Wildman–Crippen LogP) is 6.07. The van der Waals surface area contributed by atoms with Gasteiger partial charge in [0.15, 0.2) is 5.82 Å². The molecule has 1 atom stereocenters. The van der Waals surface area contributed by atoms with Gasteiger partial charge >= 0.3 is 0 Å². The lowest BCUT2D eigenvalue weighted by Crippen LogP contribution is -2.41. The van der Waals surface area contributed by atoms with E-state index in [0.29, 0.717) is 62.9 Å². The molecule has 0 aliphatic carbocycles. The molecule has 2 aromatic carbocycles. The number of hydrogen-bond donors (Lipinski definition) is 2. The highest BCUT2D eigenvalue weighted by Gasteiger charge is 2.26. The first kappa shape index (κ1) is 41.6. The number of ether oxygens (including phenoxy) is 3. The first-order chi connectivity index (χ1) is 27.2. The molecule has 0 unspecified atom stereocenters. The Labute approximate surface area is 327 Å². The van der Waals surface area contributed by atoms with Gasteiger partial charge in [-0.3, -0.25) is 24.3 Å². The van der Waals surface area contributed by atoms with Gasteiger partial charge in [0.05, 0.1) is 43.0 Å². The number of nitrogens with zero attached hydrogens (tertiary/aromatic N) is 7. The van der Waals surface area contributed by atoms with E-state index in [1.54, 1.807) is 37.5 Å². The van der Waals surface area contributed by atoms with Crippen molar-refractivity contribution in [2.45, 2.75) is 59.3 Å². The molecule has 0 radical (unpaired) electrons. The Morgan fingerprint density at radius 3 is 2.55 bits per heavy atom. The van der Waals surface area contributed by atoms with Gasteiger partial charge in [-0.25, -0.2) is 14.4 Å². The number of carbonyl (C=O) groups is 2. The molecule has 298 valence electrons. The molecule has 0 spiro atoms. The van der Waals surface area contributed by atoms with E-state index in [4.69, 9.17) is 14.2 Å². The largest absolute Gasteiger partial charge is 0.475 e. The Balaban J connectivity index is 0.000000218. The van der Waals surface area contributed by atoms with E-state index >= 15 is 0 Å². The van der Waals surface area contributed by atoms with Crippen molar-refractivity contribution >= 4 is 34.5 Å². The average molecular weight is 770 g/mol. The fourth-order valence-corrected chi connectivity index (χ4v) is 6.41. The fraction of sp³-hybridized carbons (Fsp3) is 0.415. The average Bonchev–Trinajstić information content (AvgIpc) is 3.99. The highest BCUT2D eigenvalue weighted by Crippen LogP contribution is 2.30. The zero-order valence-corrected chi connectivity index (χ0v) is 33.0. The molecule has 7 rings (SSSR count). The molecule has 3 aromatic heterocycles. The van der Waals surface area contributed by atoms with Gasteiger partial charge < -0.3 is 24.4 Å². The van der Waals surface area contributed by atoms with Gasteiger partial charge in [-0.1, -0.05) is 26.0 Å². The van der Waals surface area contributed by atoms with E-state index in [2.05, 4.69) is 35.5 Å². The second-order valence-electron chi connectivity index (χ2n) is 13.4. The van der Waals surface area contributed by atoms with E-state index in [1.165, 1.54) is 6.07 Å². The van der Waals surface area contributed by atoms with Crippen LogP contribution in [0.3, 0.4) is 0 Å². The Bertz CT molecular complexity index is 2060. The SMILES string of the molecule is CC.CC(C)Oc1ccc(-c2n[nH]c3ccc(NC=O)cc23)cn1.COCCn1cnc(-c2ccc(C3=CCN(C(=O)CN4CC[C@H](OC)C4)CC3)cc2F)n1. The van der Waals surface area contributed by atoms with Crippen molar-refractivity contribution in [2.75, 3.05) is 58.9 Å². The quantitative estimate of drug-likeness (QED) is 0.135. The summed E-state index contributed by atoms with van der Waals surface area (Å²) >= 11 is 0. The zero-order chi connectivity index (χ0) is 40.0. The topological polar surface area (TPSA) is 153 Å². The smallest absolute Gasteiger partial charge is 0.237 e. The van der Waals surface area contributed by atoms with E-state index in [9.17, 15) is 14.0 Å². The molecular weight excluding hydrogens is 718 g/mol. The third-order valence-corrected chi connectivity index (χ3v) is 9.28. The maximum atomic E-state index is 14.8. The van der Waals surface area contributed by atoms with Crippen LogP contribution in [0.1, 0.15) is 46.1 Å². The standard InChI is InChI=1S/C23H30FN5O3.C16H16N4O2.C2H6/c1-31-12-11-29-16-25-23(26-29)20-4-3-18(13-21(20)24)17-5-9-28(10-6-17)22(30)15-27-8-7-19(14-27)32-2;1-10(2)22-15-6-3-11(8-17-15)16-13-7-12(18-9-21)4-5-14(13)19-20-16;1-2/h3-5,13,16,19H,6-12,14-15H2,1-2H3;3-10H,1-2H3,(H,18,21)(H,19,20);1-2H3/t19-;;/m0../s1. The van der Waals surface area contributed by atoms with E-state index in [-0.39, 0.29) is 23.9 Å². The van der Waals surface area contributed by atoms with Crippen LogP contribution in [-0.4, -0.2) is 118 Å². The Morgan fingerprint density at radius 1 is 1.07 bits per heavy atom. The van der Waals surface area contributed by atoms with Gasteiger partial charge in [-0.05, 0) is 74.2 Å². The normalized spacial score (nSPS) is 15.5. The van der Waals surface area contributed by atoms with Crippen LogP contribution in [0.5, 0.6) is 5.88 Å². The lowest BCUT2D eigenvalue weighted by Gasteiger charge is -2.28. The van der Waals surface area contributed by atoms with Crippen molar-refractivity contribution in [3.8, 4) is 28.5 Å². The maximum Gasteiger partial charge on any atom is 0.237 e. The van der Waals surface area contributed by atoms with Crippen LogP contribution in [-0.2, 0) is 25.6 Å². The number of benzene rings is 2. The van der Waals surface area contributed by atoms with Crippen LogP contribution in [0.2, 0.25) is 0 Å². The highest BCUT2D eigenvalue weighted by molar-refractivity contribution is 5.95. The second-order valence-corrected chi connectivity index (χ2v) is 13.4. The summed E-state index contributed by atoms with van der Waals surface area (Å²) in [4.78, 5) is 35.7. The summed E-state index contributed by atoms with van der Waals surface area (Å²) < 4.78 is 32.4. The monoisotopic (exact) mass is 769 g/mol. The van der Waals surface area contributed by atoms with Crippen LogP contribution in [0, 0.1) is 5.82 Å². The van der Waals surface area contributed by atoms with E-state index < -0.39 is 0 Å². The van der Waals surface area contributed by atoms with Crippen molar-refractivity contribution in [1.29, 1.82) is 0 Å². The van der Waals surface area contributed by atoms with Gasteiger partial charge in [0.25, 0.3) is 0 Å². The number of aromatic amines is 1. The number of H-pyrrole nitrogens is 1. The molecule has 5 aromatic rings. The van der Waals surface area contributed by atoms with Gasteiger partial charge in [-0.15, -0.1) is 0 Å². The number of fused-ring (bicyclic) bond motifs is 1. The third kappa shape index (κ3) is 10.8. The third-order valence-electron chi connectivity index (χ3n) is 9.28. The molecule has 15 heteroatoms. The number of aromatic nitrogens is 6. The van der Waals surface area contributed by atoms with Gasteiger partial charge in [0.1, 0.15) is 17.8 Å². The zero-order valence-electron chi connectivity index (χ0n) is 33.0. The number of likely N-dealkylation sites (tertiary alicyclic amines) is 1. The van der Waals surface area contributed by atoms with Crippen LogP contribution in [0.25, 0.3) is 39.1 Å². The minimum absolute atomic E-state index is 0.0848. The highest BCUT2D eigenvalue weighted by atomic mass is 19.1. The van der Waals surface area contributed by atoms with Crippen molar-refractivity contribution < 1.29 is 28.2 Å². The molecule has 1 saturated heterocycles. The number of hydrogen-bond acceptors (Lipinski definition) is 10. The first-order valence-corrected chi connectivity index (χ1v) is 19.0. The summed E-state index contributed by atoms with van der Waals surface area (Å²) in [6.07, 6.45) is 7.97. The van der Waals surface area contributed by atoms with E-state index in [0.717, 1.165) is 58.5 Å². The number of methoxy groups -OCH3 is 2. The Hall–Kier alpha value is -5.51. The molecular formula is C41H52FN9O5. The summed E-state index contributed by atoms with van der Waals surface area (Å²) in [5.41, 5.74) is 5.54. The van der Waals surface area contributed by atoms with Crippen LogP contribution >= 0.6 is 0 Å². The molecule has 0 saturated carbocycles. The number of nitrogens with one attached hydrogen (secondary N) is 2. The molecule has 2 aliphatic heterocycles. The minimum Gasteiger partial charge on any atom is -0.475 e. The predicted molar refractivity (Wildman–Crippen MR) is 214 cm³/mol. The van der Waals surface area contributed by atoms with E-state index in [1.807, 2.05) is 75.1 Å². The molecule has 0 bridgehead atoms. The molecule has 2 N–H and O–H groups in total. The molecule has 2 aliphatic rings. The molecule has 14 nitrogen and oxygen atoms in total. The Kier molecular flexibility index (Phi) is 15.2. The summed E-state index contributed by atoms with van der Waals surface area (Å²) in [6, 6.07) is 14.5. The number of anilines is 1. The van der Waals surface area contributed by atoms with Gasteiger partial charge in [0.2, 0.25) is 18.2 Å². The lowest BCUT2D eigenvalue weighted by atomic mass is 9.98. The number of rotatable bonds is 13. The van der Waals surface area contributed by atoms with Crippen molar-refractivity contribution in [1.82, 2.24) is 39.7 Å². The first-order valence-electron chi connectivity index (χ1n) is 19.0.